The number of nitrogens with zero attached hydrogens (tertiary/aromatic N) is 1. The molecule has 2 aromatic heterocycles. The number of pyridine rings is 1. The van der Waals surface area contributed by atoms with Crippen molar-refractivity contribution in [2.75, 3.05) is 0 Å². The largest absolute Gasteiger partial charge is 0.319 e. The van der Waals surface area contributed by atoms with Crippen LogP contribution in [0, 0.1) is 0 Å². The molecule has 1 aromatic carbocycles. The number of ketones is 2. The van der Waals surface area contributed by atoms with Crippen molar-refractivity contribution in [3.05, 3.63) is 74.5 Å². The average Bonchev–Trinajstić information content (AvgIpc) is 2.99. The number of carbonyl (C=O) groups is 2. The Balaban J connectivity index is 1.98. The minimum absolute atomic E-state index is 0.0493. The van der Waals surface area contributed by atoms with Crippen LogP contribution in [0.25, 0.3) is 11.3 Å². The second kappa shape index (κ2) is 4.57. The molecule has 0 radical (unpaired) electrons. The van der Waals surface area contributed by atoms with Crippen molar-refractivity contribution in [2.45, 2.75) is 0 Å². The molecule has 3 aromatic rings. The molecular formula is C16H8N2O3S. The van der Waals surface area contributed by atoms with E-state index in [0.29, 0.717) is 11.3 Å². The van der Waals surface area contributed by atoms with Gasteiger partial charge in [-0.1, -0.05) is 30.3 Å². The van der Waals surface area contributed by atoms with E-state index in [1.54, 1.807) is 0 Å². The summed E-state index contributed by atoms with van der Waals surface area (Å²) in [6.45, 7) is 0. The Morgan fingerprint density at radius 2 is 1.68 bits per heavy atom. The summed E-state index contributed by atoms with van der Waals surface area (Å²) in [4.78, 5) is 39.3. The molecule has 0 unspecified atom stereocenters. The molecule has 4 rings (SSSR count). The highest BCUT2D eigenvalue weighted by Crippen LogP contribution is 2.35. The summed E-state index contributed by atoms with van der Waals surface area (Å²) in [5, 5.41) is 0. The third kappa shape index (κ3) is 1.71. The van der Waals surface area contributed by atoms with E-state index in [1.165, 1.54) is 12.1 Å². The second-order valence-electron chi connectivity index (χ2n) is 4.87. The predicted octanol–water partition coefficient (Wildman–Crippen LogP) is 2.27. The van der Waals surface area contributed by atoms with Gasteiger partial charge in [-0.25, -0.2) is 0 Å². The van der Waals surface area contributed by atoms with Crippen molar-refractivity contribution in [3.8, 4) is 11.3 Å². The van der Waals surface area contributed by atoms with Crippen LogP contribution in [0.2, 0.25) is 0 Å². The molecule has 6 heteroatoms. The summed E-state index contributed by atoms with van der Waals surface area (Å²) in [7, 11) is 0. The number of hydrogen-bond donors (Lipinski definition) is 1. The first-order chi connectivity index (χ1) is 10.7. The summed E-state index contributed by atoms with van der Waals surface area (Å²) in [6.07, 6.45) is 0. The van der Waals surface area contributed by atoms with Crippen LogP contribution in [-0.4, -0.2) is 20.9 Å². The fourth-order valence-electron chi connectivity index (χ4n) is 2.54. The van der Waals surface area contributed by atoms with Crippen LogP contribution in [0.4, 0.5) is 0 Å². The number of hydrogen-bond acceptors (Lipinski definition) is 5. The Bertz CT molecular complexity index is 986. The Hall–Kier alpha value is -2.86. The number of nitrogens with one attached hydrogen (secondary N) is 1. The first-order valence-corrected chi connectivity index (χ1v) is 7.32. The zero-order chi connectivity index (χ0) is 15.3. The monoisotopic (exact) mass is 308 g/mol. The van der Waals surface area contributed by atoms with Gasteiger partial charge in [-0.05, 0) is 17.6 Å². The van der Waals surface area contributed by atoms with Crippen LogP contribution in [-0.2, 0) is 0 Å². The smallest absolute Gasteiger partial charge is 0.248 e. The number of H-pyrrole nitrogens is 1. The van der Waals surface area contributed by atoms with Crippen LogP contribution in [0.15, 0.2) is 47.3 Å². The maximum absolute atomic E-state index is 12.7. The van der Waals surface area contributed by atoms with E-state index >= 15 is 0 Å². The van der Waals surface area contributed by atoms with E-state index < -0.39 is 5.56 Å². The number of benzene rings is 1. The van der Waals surface area contributed by atoms with Gasteiger partial charge < -0.3 is 4.98 Å². The van der Waals surface area contributed by atoms with E-state index in [-0.39, 0.29) is 27.7 Å². The van der Waals surface area contributed by atoms with Gasteiger partial charge in [0, 0.05) is 11.6 Å². The Morgan fingerprint density at radius 1 is 0.909 bits per heavy atom. The van der Waals surface area contributed by atoms with Gasteiger partial charge in [0.1, 0.15) is 10.6 Å². The van der Waals surface area contributed by atoms with Gasteiger partial charge in [0.05, 0.1) is 16.8 Å². The number of aromatic amines is 1. The predicted molar refractivity (Wildman–Crippen MR) is 81.5 cm³/mol. The number of aromatic nitrogens is 2. The van der Waals surface area contributed by atoms with Crippen molar-refractivity contribution in [3.63, 3.8) is 0 Å². The molecule has 0 fully saturated rings. The normalized spacial score (nSPS) is 12.9. The Labute approximate surface area is 128 Å². The lowest BCUT2D eigenvalue weighted by molar-refractivity contribution is 0.0979. The third-order valence-corrected chi connectivity index (χ3v) is 4.41. The second-order valence-corrected chi connectivity index (χ2v) is 5.64. The fraction of sp³-hybridized carbons (Fsp3) is 0. The highest BCUT2D eigenvalue weighted by molar-refractivity contribution is 7.09. The lowest BCUT2D eigenvalue weighted by Gasteiger charge is -2.13. The van der Waals surface area contributed by atoms with Gasteiger partial charge in [0.25, 0.3) is 0 Å². The maximum atomic E-state index is 12.7. The molecule has 2 heterocycles. The molecular weight excluding hydrogens is 300 g/mol. The van der Waals surface area contributed by atoms with Crippen molar-refractivity contribution in [2.24, 2.45) is 0 Å². The molecule has 0 saturated heterocycles. The van der Waals surface area contributed by atoms with Crippen molar-refractivity contribution in [1.82, 2.24) is 9.36 Å². The highest BCUT2D eigenvalue weighted by Gasteiger charge is 2.35. The van der Waals surface area contributed by atoms with Gasteiger partial charge in [0.15, 0.2) is 5.78 Å². The molecule has 0 aliphatic heterocycles. The molecule has 0 spiro atoms. The number of carbonyl (C=O) groups excluding carboxylic acids is 2. The van der Waals surface area contributed by atoms with E-state index in [2.05, 4.69) is 9.36 Å². The van der Waals surface area contributed by atoms with Crippen LogP contribution >= 0.6 is 11.5 Å². The molecule has 0 saturated carbocycles. The number of rotatable bonds is 1. The minimum atomic E-state index is -0.406. The molecule has 0 amide bonds. The Morgan fingerprint density at radius 3 is 2.45 bits per heavy atom. The average molecular weight is 308 g/mol. The van der Waals surface area contributed by atoms with Crippen LogP contribution < -0.4 is 5.56 Å². The SMILES string of the molecule is O=C1c2[nH]c(=O)ccc2C(=O)c2c(-c3ccccc3)nsc21. The lowest BCUT2D eigenvalue weighted by atomic mass is 9.90. The van der Waals surface area contributed by atoms with Gasteiger partial charge in [-0.2, -0.15) is 4.37 Å². The standard InChI is InChI=1S/C16H8N2O3S/c19-10-7-6-9-13(17-10)15(21)16-11(14(9)20)12(18-22-16)8-4-2-1-3-5-8/h1-7H,(H,17,19). The van der Waals surface area contributed by atoms with Crippen LogP contribution in [0.5, 0.6) is 0 Å². The van der Waals surface area contributed by atoms with E-state index in [1.807, 2.05) is 30.3 Å². The van der Waals surface area contributed by atoms with E-state index in [0.717, 1.165) is 17.1 Å². The summed E-state index contributed by atoms with van der Waals surface area (Å²) >= 11 is 0.986. The van der Waals surface area contributed by atoms with Crippen LogP contribution in [0.3, 0.4) is 0 Å². The molecule has 106 valence electrons. The van der Waals surface area contributed by atoms with Gasteiger partial charge in [-0.3, -0.25) is 14.4 Å². The summed E-state index contributed by atoms with van der Waals surface area (Å²) in [5.74, 6) is -0.643. The molecule has 22 heavy (non-hydrogen) atoms. The zero-order valence-corrected chi connectivity index (χ0v) is 11.9. The van der Waals surface area contributed by atoms with Crippen molar-refractivity contribution in [1.29, 1.82) is 0 Å². The van der Waals surface area contributed by atoms with Gasteiger partial charge >= 0.3 is 0 Å². The van der Waals surface area contributed by atoms with Gasteiger partial charge in [0.2, 0.25) is 11.3 Å². The topological polar surface area (TPSA) is 79.9 Å². The van der Waals surface area contributed by atoms with E-state index in [4.69, 9.17) is 0 Å². The molecule has 0 atom stereocenters. The maximum Gasteiger partial charge on any atom is 0.248 e. The first-order valence-electron chi connectivity index (χ1n) is 6.54. The quantitative estimate of drug-likeness (QED) is 0.585. The van der Waals surface area contributed by atoms with Crippen molar-refractivity contribution < 1.29 is 9.59 Å². The van der Waals surface area contributed by atoms with Crippen molar-refractivity contribution >= 4 is 23.1 Å². The fourth-order valence-corrected chi connectivity index (χ4v) is 3.38. The minimum Gasteiger partial charge on any atom is -0.319 e. The highest BCUT2D eigenvalue weighted by atomic mass is 32.1. The third-order valence-electron chi connectivity index (χ3n) is 3.56. The molecule has 0 bridgehead atoms. The summed E-state index contributed by atoms with van der Waals surface area (Å²) in [6, 6.07) is 11.9. The summed E-state index contributed by atoms with van der Waals surface area (Å²) < 4.78 is 4.28. The lowest BCUT2D eigenvalue weighted by Crippen LogP contribution is -2.24. The Kier molecular flexibility index (Phi) is 2.67. The van der Waals surface area contributed by atoms with E-state index in [9.17, 15) is 14.4 Å². The van der Waals surface area contributed by atoms with Crippen LogP contribution in [0.1, 0.15) is 31.3 Å². The van der Waals surface area contributed by atoms with Gasteiger partial charge in [-0.15, -0.1) is 0 Å². The molecule has 1 aliphatic carbocycles. The molecule has 1 N–H and O–H groups in total. The first kappa shape index (κ1) is 12.8. The summed E-state index contributed by atoms with van der Waals surface area (Å²) in [5.41, 5.74) is 1.48. The number of fused-ring (bicyclic) bond motifs is 2. The zero-order valence-electron chi connectivity index (χ0n) is 11.1. The molecule has 1 aliphatic rings. The molecule has 5 nitrogen and oxygen atoms in total.